The first-order chi connectivity index (χ1) is 17.1. The maximum atomic E-state index is 12.9. The predicted molar refractivity (Wildman–Crippen MR) is 139 cm³/mol. The molecule has 0 unspecified atom stereocenters. The first kappa shape index (κ1) is 23.7. The number of nitrogens with zero attached hydrogens (tertiary/aromatic N) is 2. The summed E-state index contributed by atoms with van der Waals surface area (Å²) >= 11 is 1.52. The van der Waals surface area contributed by atoms with Crippen molar-refractivity contribution in [1.29, 1.82) is 0 Å². The molecule has 1 aromatic heterocycles. The summed E-state index contributed by atoms with van der Waals surface area (Å²) in [5.74, 6) is -0.438. The van der Waals surface area contributed by atoms with Gasteiger partial charge in [0.25, 0.3) is 0 Å². The molecule has 7 heteroatoms. The number of fused-ring (bicyclic) bond motifs is 1. The van der Waals surface area contributed by atoms with Crippen molar-refractivity contribution >= 4 is 28.2 Å². The third-order valence-electron chi connectivity index (χ3n) is 6.93. The van der Waals surface area contributed by atoms with Crippen LogP contribution in [0, 0.1) is 0 Å². The van der Waals surface area contributed by atoms with E-state index in [1.807, 2.05) is 0 Å². The molecule has 3 aromatic rings. The quantitative estimate of drug-likeness (QED) is 0.500. The Bertz CT molecular complexity index is 1130. The summed E-state index contributed by atoms with van der Waals surface area (Å²) in [6.45, 7) is 3.70. The molecule has 2 aromatic carbocycles. The molecule has 2 aliphatic rings. The van der Waals surface area contributed by atoms with E-state index in [9.17, 15) is 9.59 Å². The monoisotopic (exact) mass is 489 g/mol. The van der Waals surface area contributed by atoms with Crippen molar-refractivity contribution in [2.45, 2.75) is 25.3 Å². The number of aryl methyl sites for hydroxylation is 1. The number of hydrogen-bond donors (Lipinski definition) is 1. The summed E-state index contributed by atoms with van der Waals surface area (Å²) in [4.78, 5) is 31.2. The molecule has 182 valence electrons. The Morgan fingerprint density at radius 1 is 0.943 bits per heavy atom. The van der Waals surface area contributed by atoms with Crippen molar-refractivity contribution in [2.24, 2.45) is 0 Å². The number of carbonyl (C=O) groups excluding carboxylic acids is 2. The first-order valence-corrected chi connectivity index (χ1v) is 13.0. The van der Waals surface area contributed by atoms with Gasteiger partial charge in [0.2, 0.25) is 5.91 Å². The number of anilines is 1. The summed E-state index contributed by atoms with van der Waals surface area (Å²) in [7, 11) is 1.39. The maximum absolute atomic E-state index is 12.9. The van der Waals surface area contributed by atoms with Crippen molar-refractivity contribution < 1.29 is 14.3 Å². The maximum Gasteiger partial charge on any atom is 0.341 e. The van der Waals surface area contributed by atoms with Crippen LogP contribution in [0.15, 0.2) is 60.7 Å². The van der Waals surface area contributed by atoms with Crippen LogP contribution in [0.3, 0.4) is 0 Å². The summed E-state index contributed by atoms with van der Waals surface area (Å²) in [5.41, 5.74) is 4.17. The SMILES string of the molecule is COC(=O)c1c(NC(=O)CN2CCN(C(c3ccccc3)c3ccccc3)CC2)sc2c1CCC2. The standard InChI is InChI=1S/C28H31N3O3S/c1-34-28(33)25-22-13-8-14-23(22)35-27(25)29-24(32)19-30-15-17-31(18-16-30)26(20-9-4-2-5-10-20)21-11-6-3-7-12-21/h2-7,9-12,26H,8,13-19H2,1H3,(H,29,32). The summed E-state index contributed by atoms with van der Waals surface area (Å²) < 4.78 is 5.00. The highest BCUT2D eigenvalue weighted by molar-refractivity contribution is 7.17. The van der Waals surface area contributed by atoms with Gasteiger partial charge in [0.15, 0.2) is 0 Å². The zero-order chi connectivity index (χ0) is 24.2. The fraction of sp³-hybridized carbons (Fsp3) is 0.357. The number of thiophene rings is 1. The lowest BCUT2D eigenvalue weighted by Gasteiger charge is -2.39. The van der Waals surface area contributed by atoms with Gasteiger partial charge in [0.05, 0.1) is 25.3 Å². The van der Waals surface area contributed by atoms with Gasteiger partial charge in [-0.15, -0.1) is 11.3 Å². The number of benzene rings is 2. The number of hydrogen-bond acceptors (Lipinski definition) is 6. The second kappa shape index (κ2) is 10.7. The number of amides is 1. The van der Waals surface area contributed by atoms with E-state index < -0.39 is 0 Å². The van der Waals surface area contributed by atoms with E-state index in [4.69, 9.17) is 4.74 Å². The molecule has 0 atom stereocenters. The van der Waals surface area contributed by atoms with Crippen molar-refractivity contribution in [3.8, 4) is 0 Å². The third kappa shape index (κ3) is 5.17. The van der Waals surface area contributed by atoms with Crippen LogP contribution < -0.4 is 5.32 Å². The van der Waals surface area contributed by atoms with E-state index in [-0.39, 0.29) is 17.9 Å². The molecule has 1 fully saturated rings. The molecule has 0 radical (unpaired) electrons. The molecular formula is C28H31N3O3S. The topological polar surface area (TPSA) is 61.9 Å². The second-order valence-corrected chi connectivity index (χ2v) is 10.2. The van der Waals surface area contributed by atoms with Crippen molar-refractivity contribution in [1.82, 2.24) is 9.80 Å². The van der Waals surface area contributed by atoms with Gasteiger partial charge in [-0.2, -0.15) is 0 Å². The molecule has 1 amide bonds. The van der Waals surface area contributed by atoms with Crippen molar-refractivity contribution in [3.05, 3.63) is 87.8 Å². The van der Waals surface area contributed by atoms with E-state index >= 15 is 0 Å². The fourth-order valence-electron chi connectivity index (χ4n) is 5.24. The predicted octanol–water partition coefficient (Wildman–Crippen LogP) is 4.37. The minimum absolute atomic E-state index is 0.0776. The number of piperazine rings is 1. The largest absolute Gasteiger partial charge is 0.465 e. The van der Waals surface area contributed by atoms with Gasteiger partial charge < -0.3 is 10.1 Å². The highest BCUT2D eigenvalue weighted by Crippen LogP contribution is 2.39. The van der Waals surface area contributed by atoms with Gasteiger partial charge in [0.1, 0.15) is 5.00 Å². The smallest absolute Gasteiger partial charge is 0.341 e. The molecular weight excluding hydrogens is 458 g/mol. The number of esters is 1. The van der Waals surface area contributed by atoms with Crippen LogP contribution in [0.4, 0.5) is 5.00 Å². The molecule has 1 aliphatic carbocycles. The molecule has 6 nitrogen and oxygen atoms in total. The number of carbonyl (C=O) groups is 2. The Balaban J connectivity index is 1.23. The van der Waals surface area contributed by atoms with Crippen molar-refractivity contribution in [2.75, 3.05) is 45.2 Å². The van der Waals surface area contributed by atoms with E-state index in [1.54, 1.807) is 0 Å². The van der Waals surface area contributed by atoms with Crippen LogP contribution in [0.25, 0.3) is 0 Å². The van der Waals surface area contributed by atoms with Crippen LogP contribution in [0.5, 0.6) is 0 Å². The van der Waals surface area contributed by atoms with Crippen LogP contribution in [0.2, 0.25) is 0 Å². The number of rotatable bonds is 7. The fourth-order valence-corrected chi connectivity index (χ4v) is 6.54. The molecule has 0 saturated carbocycles. The van der Waals surface area contributed by atoms with Crippen LogP contribution in [0.1, 0.15) is 44.4 Å². The van der Waals surface area contributed by atoms with Gasteiger partial charge in [-0.25, -0.2) is 4.79 Å². The Morgan fingerprint density at radius 3 is 2.17 bits per heavy atom. The minimum atomic E-state index is -0.360. The molecule has 0 bridgehead atoms. The van der Waals surface area contributed by atoms with Crippen LogP contribution in [-0.4, -0.2) is 61.5 Å². The molecule has 2 heterocycles. The Hall–Kier alpha value is -3.00. The van der Waals surface area contributed by atoms with Crippen LogP contribution >= 0.6 is 11.3 Å². The zero-order valence-corrected chi connectivity index (χ0v) is 20.9. The Kier molecular flexibility index (Phi) is 7.27. The summed E-state index contributed by atoms with van der Waals surface area (Å²) in [6, 6.07) is 21.4. The molecule has 35 heavy (non-hydrogen) atoms. The van der Waals surface area contributed by atoms with Crippen molar-refractivity contribution in [3.63, 3.8) is 0 Å². The van der Waals surface area contributed by atoms with Gasteiger partial charge in [-0.05, 0) is 36.0 Å². The van der Waals surface area contributed by atoms with Gasteiger partial charge >= 0.3 is 5.97 Å². The molecule has 1 saturated heterocycles. The average Bonchev–Trinajstić information content (AvgIpc) is 3.47. The first-order valence-electron chi connectivity index (χ1n) is 12.2. The molecule has 5 rings (SSSR count). The lowest BCUT2D eigenvalue weighted by molar-refractivity contribution is -0.117. The number of nitrogens with one attached hydrogen (secondary N) is 1. The van der Waals surface area contributed by atoms with E-state index in [0.717, 1.165) is 51.0 Å². The lowest BCUT2D eigenvalue weighted by atomic mass is 9.96. The van der Waals surface area contributed by atoms with Crippen LogP contribution in [-0.2, 0) is 22.4 Å². The highest BCUT2D eigenvalue weighted by Gasteiger charge is 2.30. The minimum Gasteiger partial charge on any atom is -0.465 e. The Labute approximate surface area is 210 Å². The molecule has 0 spiro atoms. The van der Waals surface area contributed by atoms with E-state index in [1.165, 1.54) is 34.5 Å². The van der Waals surface area contributed by atoms with Gasteiger partial charge in [-0.3, -0.25) is 14.6 Å². The second-order valence-electron chi connectivity index (χ2n) is 9.14. The number of ether oxygens (including phenoxy) is 1. The normalized spacial score (nSPS) is 16.3. The van der Waals surface area contributed by atoms with Gasteiger partial charge in [0, 0.05) is 31.1 Å². The summed E-state index contributed by atoms with van der Waals surface area (Å²) in [5, 5.41) is 3.65. The molecule has 1 aliphatic heterocycles. The zero-order valence-electron chi connectivity index (χ0n) is 20.0. The average molecular weight is 490 g/mol. The number of methoxy groups -OCH3 is 1. The Morgan fingerprint density at radius 2 is 1.57 bits per heavy atom. The highest BCUT2D eigenvalue weighted by atomic mass is 32.1. The summed E-state index contributed by atoms with van der Waals surface area (Å²) in [6.07, 6.45) is 2.89. The van der Waals surface area contributed by atoms with E-state index in [0.29, 0.717) is 17.1 Å². The van der Waals surface area contributed by atoms with E-state index in [2.05, 4.69) is 75.8 Å². The third-order valence-corrected chi connectivity index (χ3v) is 8.14. The molecule has 1 N–H and O–H groups in total. The van der Waals surface area contributed by atoms with Gasteiger partial charge in [-0.1, -0.05) is 60.7 Å². The lowest BCUT2D eigenvalue weighted by Crippen LogP contribution is -2.49.